The first-order chi connectivity index (χ1) is 9.10. The van der Waals surface area contributed by atoms with E-state index in [2.05, 4.69) is 64.0 Å². The van der Waals surface area contributed by atoms with Crippen LogP contribution in [-0.4, -0.2) is 11.5 Å². The lowest BCUT2D eigenvalue weighted by molar-refractivity contribution is 0.970. The number of nitrogens with zero attached hydrogens (tertiary/aromatic N) is 1. The summed E-state index contributed by atoms with van der Waals surface area (Å²) in [5.74, 6) is 0. The monoisotopic (exact) mass is 384 g/mol. The van der Waals surface area contributed by atoms with E-state index in [1.165, 1.54) is 11.3 Å². The molecule has 0 spiro atoms. The SMILES string of the molecule is CCCNc1c(C)c(CC)nc2c(Br)ccc(Br)c12. The molecule has 0 bridgehead atoms. The van der Waals surface area contributed by atoms with Gasteiger partial charge in [0, 0.05) is 32.3 Å². The number of rotatable bonds is 4. The van der Waals surface area contributed by atoms with Crippen molar-refractivity contribution >= 4 is 48.5 Å². The van der Waals surface area contributed by atoms with Crippen molar-refractivity contribution in [2.24, 2.45) is 0 Å². The highest BCUT2D eigenvalue weighted by atomic mass is 79.9. The summed E-state index contributed by atoms with van der Waals surface area (Å²) in [4.78, 5) is 4.81. The Morgan fingerprint density at radius 3 is 2.47 bits per heavy atom. The zero-order chi connectivity index (χ0) is 14.0. The van der Waals surface area contributed by atoms with Crippen molar-refractivity contribution in [3.8, 4) is 0 Å². The van der Waals surface area contributed by atoms with Gasteiger partial charge in [0.1, 0.15) is 0 Å². The van der Waals surface area contributed by atoms with Crippen LogP contribution in [0.25, 0.3) is 10.9 Å². The van der Waals surface area contributed by atoms with E-state index >= 15 is 0 Å². The van der Waals surface area contributed by atoms with E-state index in [9.17, 15) is 0 Å². The largest absolute Gasteiger partial charge is 0.384 e. The molecule has 0 aliphatic rings. The van der Waals surface area contributed by atoms with Gasteiger partial charge in [0.05, 0.1) is 5.52 Å². The number of aromatic nitrogens is 1. The summed E-state index contributed by atoms with van der Waals surface area (Å²) in [6, 6.07) is 4.11. The van der Waals surface area contributed by atoms with Crippen LogP contribution in [0.15, 0.2) is 21.1 Å². The number of aryl methyl sites for hydroxylation is 1. The second-order valence-corrected chi connectivity index (χ2v) is 6.30. The van der Waals surface area contributed by atoms with Crippen LogP contribution in [-0.2, 0) is 6.42 Å². The molecule has 1 heterocycles. The van der Waals surface area contributed by atoms with Gasteiger partial charge >= 0.3 is 0 Å². The Morgan fingerprint density at radius 2 is 1.84 bits per heavy atom. The third-order valence-corrected chi connectivity index (χ3v) is 4.57. The molecule has 2 nitrogen and oxygen atoms in total. The number of hydrogen-bond donors (Lipinski definition) is 1. The van der Waals surface area contributed by atoms with Gasteiger partial charge in [-0.3, -0.25) is 4.98 Å². The molecular weight excluding hydrogens is 368 g/mol. The van der Waals surface area contributed by atoms with Crippen molar-refractivity contribution in [1.29, 1.82) is 0 Å². The Kier molecular flexibility index (Phi) is 4.85. The molecule has 0 aliphatic carbocycles. The Labute approximate surface area is 131 Å². The summed E-state index contributed by atoms with van der Waals surface area (Å²) >= 11 is 7.26. The number of hydrogen-bond acceptors (Lipinski definition) is 2. The van der Waals surface area contributed by atoms with E-state index in [0.29, 0.717) is 0 Å². The van der Waals surface area contributed by atoms with Crippen LogP contribution < -0.4 is 5.32 Å². The normalized spacial score (nSPS) is 11.0. The molecule has 4 heteroatoms. The second-order valence-electron chi connectivity index (χ2n) is 4.59. The van der Waals surface area contributed by atoms with Gasteiger partial charge in [-0.25, -0.2) is 0 Å². The fraction of sp³-hybridized carbons (Fsp3) is 0.400. The van der Waals surface area contributed by atoms with Crippen molar-refractivity contribution in [2.75, 3.05) is 11.9 Å². The summed E-state index contributed by atoms with van der Waals surface area (Å²) in [5.41, 5.74) is 4.64. The summed E-state index contributed by atoms with van der Waals surface area (Å²) in [7, 11) is 0. The molecule has 2 aromatic rings. The molecule has 0 amide bonds. The fourth-order valence-corrected chi connectivity index (χ4v) is 3.19. The van der Waals surface area contributed by atoms with Crippen molar-refractivity contribution in [3.63, 3.8) is 0 Å². The molecule has 0 saturated carbocycles. The quantitative estimate of drug-likeness (QED) is 0.756. The van der Waals surface area contributed by atoms with Gasteiger partial charge in [-0.2, -0.15) is 0 Å². The van der Waals surface area contributed by atoms with Gasteiger partial charge in [-0.1, -0.05) is 29.8 Å². The Bertz CT molecular complexity index is 609. The fourth-order valence-electron chi connectivity index (χ4n) is 2.25. The second kappa shape index (κ2) is 6.23. The third-order valence-electron chi connectivity index (χ3n) is 3.27. The summed E-state index contributed by atoms with van der Waals surface area (Å²) < 4.78 is 2.13. The number of fused-ring (bicyclic) bond motifs is 1. The van der Waals surface area contributed by atoms with Crippen LogP contribution in [0, 0.1) is 6.92 Å². The lowest BCUT2D eigenvalue weighted by atomic mass is 10.1. The highest BCUT2D eigenvalue weighted by Gasteiger charge is 2.14. The minimum absolute atomic E-state index is 0.946. The maximum atomic E-state index is 4.81. The molecule has 102 valence electrons. The highest BCUT2D eigenvalue weighted by Crippen LogP contribution is 2.37. The van der Waals surface area contributed by atoms with Gasteiger partial charge < -0.3 is 5.32 Å². The molecule has 0 atom stereocenters. The van der Waals surface area contributed by atoms with Crippen molar-refractivity contribution in [3.05, 3.63) is 32.3 Å². The standard InChI is InChI=1S/C15H18Br2N2/c1-4-8-18-14-9(3)12(5-2)19-15-11(17)7-6-10(16)13(14)15/h6-7H,4-5,8H2,1-3H3,(H,18,19). The van der Waals surface area contributed by atoms with E-state index in [0.717, 1.165) is 44.9 Å². The minimum Gasteiger partial charge on any atom is -0.384 e. The molecule has 0 radical (unpaired) electrons. The van der Waals surface area contributed by atoms with E-state index in [4.69, 9.17) is 4.98 Å². The zero-order valence-electron chi connectivity index (χ0n) is 11.5. The smallest absolute Gasteiger partial charge is 0.0879 e. The summed E-state index contributed by atoms with van der Waals surface area (Å²) in [6.07, 6.45) is 2.05. The molecule has 0 saturated heterocycles. The molecule has 1 aromatic carbocycles. The van der Waals surface area contributed by atoms with Crippen LogP contribution in [0.2, 0.25) is 0 Å². The van der Waals surface area contributed by atoms with Crippen LogP contribution >= 0.6 is 31.9 Å². The minimum atomic E-state index is 0.946. The van der Waals surface area contributed by atoms with Crippen molar-refractivity contribution in [1.82, 2.24) is 4.98 Å². The molecule has 19 heavy (non-hydrogen) atoms. The maximum Gasteiger partial charge on any atom is 0.0879 e. The zero-order valence-corrected chi connectivity index (χ0v) is 14.7. The van der Waals surface area contributed by atoms with Gasteiger partial charge in [-0.05, 0) is 53.4 Å². The summed E-state index contributed by atoms with van der Waals surface area (Å²) in [5, 5.41) is 4.72. The number of benzene rings is 1. The highest BCUT2D eigenvalue weighted by molar-refractivity contribution is 9.11. The van der Waals surface area contributed by atoms with Crippen LogP contribution in [0.1, 0.15) is 31.5 Å². The predicted molar refractivity (Wildman–Crippen MR) is 90.0 cm³/mol. The van der Waals surface area contributed by atoms with Gasteiger partial charge in [-0.15, -0.1) is 0 Å². The molecule has 1 aromatic heterocycles. The lowest BCUT2D eigenvalue weighted by Crippen LogP contribution is -2.06. The number of anilines is 1. The number of nitrogens with one attached hydrogen (secondary N) is 1. The lowest BCUT2D eigenvalue weighted by Gasteiger charge is -2.17. The molecule has 0 unspecified atom stereocenters. The van der Waals surface area contributed by atoms with Crippen LogP contribution in [0.3, 0.4) is 0 Å². The molecule has 0 aliphatic heterocycles. The topological polar surface area (TPSA) is 24.9 Å². The van der Waals surface area contributed by atoms with E-state index in [-0.39, 0.29) is 0 Å². The Balaban J connectivity index is 2.79. The van der Waals surface area contributed by atoms with Gasteiger partial charge in [0.15, 0.2) is 0 Å². The average Bonchev–Trinajstić information content (AvgIpc) is 2.41. The molecule has 0 fully saturated rings. The van der Waals surface area contributed by atoms with E-state index in [1.807, 2.05) is 6.07 Å². The first-order valence-corrected chi connectivity index (χ1v) is 8.19. The average molecular weight is 386 g/mol. The summed E-state index contributed by atoms with van der Waals surface area (Å²) in [6.45, 7) is 7.45. The first-order valence-electron chi connectivity index (χ1n) is 6.61. The molecular formula is C15H18Br2N2. The third kappa shape index (κ3) is 2.79. The first kappa shape index (κ1) is 14.8. The van der Waals surface area contributed by atoms with E-state index in [1.54, 1.807) is 0 Å². The Hall–Kier alpha value is -0.610. The number of halogens is 2. The van der Waals surface area contributed by atoms with Gasteiger partial charge in [0.2, 0.25) is 0 Å². The van der Waals surface area contributed by atoms with Crippen molar-refractivity contribution < 1.29 is 0 Å². The van der Waals surface area contributed by atoms with Crippen molar-refractivity contribution in [2.45, 2.75) is 33.6 Å². The molecule has 2 rings (SSSR count). The molecule has 1 N–H and O–H groups in total. The van der Waals surface area contributed by atoms with E-state index < -0.39 is 0 Å². The Morgan fingerprint density at radius 1 is 1.16 bits per heavy atom. The number of pyridine rings is 1. The maximum absolute atomic E-state index is 4.81. The van der Waals surface area contributed by atoms with Crippen LogP contribution in [0.4, 0.5) is 5.69 Å². The van der Waals surface area contributed by atoms with Gasteiger partial charge in [0.25, 0.3) is 0 Å². The predicted octanol–water partition coefficient (Wildman–Crippen LogP) is 5.45. The van der Waals surface area contributed by atoms with Crippen LogP contribution in [0.5, 0.6) is 0 Å².